The molecule has 6 heteroatoms. The van der Waals surface area contributed by atoms with Crippen LogP contribution in [0.2, 0.25) is 0 Å². The number of carbonyl (C=O) groups is 1. The highest BCUT2D eigenvalue weighted by Crippen LogP contribution is 2.23. The largest absolute Gasteiger partial charge is 0.369 e. The van der Waals surface area contributed by atoms with Crippen LogP contribution in [0.4, 0.5) is 5.69 Å². The maximum Gasteiger partial charge on any atom is 0.269 e. The van der Waals surface area contributed by atoms with Crippen LogP contribution in [0.5, 0.6) is 0 Å². The van der Waals surface area contributed by atoms with Gasteiger partial charge in [0.15, 0.2) is 0 Å². The standard InChI is InChI=1S/C22H28N4O2/c27-21-13-20(14-23-26(21)15-17-7-2-1-3-8-17)25-12-6-9-18(16-25)22(28)24-19-10-4-5-11-19/h1-3,7-8,13-14,18-19H,4-6,9-12,15-16H2,(H,24,28)/t18-/m0/s1. The summed E-state index contributed by atoms with van der Waals surface area (Å²) in [5, 5.41) is 7.59. The number of amides is 1. The molecule has 2 aliphatic rings. The number of piperidine rings is 1. The van der Waals surface area contributed by atoms with E-state index in [9.17, 15) is 9.59 Å². The minimum atomic E-state index is -0.112. The zero-order chi connectivity index (χ0) is 19.3. The van der Waals surface area contributed by atoms with E-state index in [1.165, 1.54) is 17.5 Å². The molecular formula is C22H28N4O2. The van der Waals surface area contributed by atoms with E-state index >= 15 is 0 Å². The SMILES string of the molecule is O=C(NC1CCCC1)[C@H]1CCCN(c2cnn(Cc3ccccc3)c(=O)c2)C1. The second-order valence-electron chi connectivity index (χ2n) is 7.97. The average Bonchev–Trinajstić information content (AvgIpc) is 3.23. The summed E-state index contributed by atoms with van der Waals surface area (Å²) < 4.78 is 1.48. The van der Waals surface area contributed by atoms with Crippen LogP contribution in [0.3, 0.4) is 0 Å². The van der Waals surface area contributed by atoms with E-state index in [1.807, 2.05) is 30.3 Å². The molecule has 0 unspecified atom stereocenters. The van der Waals surface area contributed by atoms with Crippen LogP contribution in [0.1, 0.15) is 44.1 Å². The Labute approximate surface area is 165 Å². The highest BCUT2D eigenvalue weighted by atomic mass is 16.2. The van der Waals surface area contributed by atoms with Gasteiger partial charge in [-0.3, -0.25) is 9.59 Å². The summed E-state index contributed by atoms with van der Waals surface area (Å²) in [5.74, 6) is 0.156. The van der Waals surface area contributed by atoms with Crippen molar-refractivity contribution in [3.8, 4) is 0 Å². The molecule has 1 saturated heterocycles. The van der Waals surface area contributed by atoms with E-state index in [2.05, 4.69) is 15.3 Å². The molecule has 2 aromatic rings. The van der Waals surface area contributed by atoms with Gasteiger partial charge in [0.25, 0.3) is 5.56 Å². The first-order valence-corrected chi connectivity index (χ1v) is 10.4. The molecule has 1 aromatic carbocycles. The van der Waals surface area contributed by atoms with Gasteiger partial charge in [0.1, 0.15) is 0 Å². The lowest BCUT2D eigenvalue weighted by molar-refractivity contribution is -0.125. The van der Waals surface area contributed by atoms with E-state index in [1.54, 1.807) is 12.3 Å². The fourth-order valence-corrected chi connectivity index (χ4v) is 4.29. The molecule has 1 atom stereocenters. The first-order chi connectivity index (χ1) is 13.7. The summed E-state index contributed by atoms with van der Waals surface area (Å²) >= 11 is 0. The average molecular weight is 380 g/mol. The van der Waals surface area contributed by atoms with Gasteiger partial charge in [-0.15, -0.1) is 0 Å². The minimum Gasteiger partial charge on any atom is -0.369 e. The molecule has 148 valence electrons. The molecule has 2 fully saturated rings. The highest BCUT2D eigenvalue weighted by Gasteiger charge is 2.28. The van der Waals surface area contributed by atoms with Crippen molar-refractivity contribution in [2.75, 3.05) is 18.0 Å². The van der Waals surface area contributed by atoms with Gasteiger partial charge >= 0.3 is 0 Å². The smallest absolute Gasteiger partial charge is 0.269 e. The lowest BCUT2D eigenvalue weighted by Gasteiger charge is -2.34. The Hall–Kier alpha value is -2.63. The second kappa shape index (κ2) is 8.59. The number of nitrogens with zero attached hydrogens (tertiary/aromatic N) is 3. The molecule has 1 saturated carbocycles. The molecule has 4 rings (SSSR count). The maximum atomic E-state index is 12.6. The van der Waals surface area contributed by atoms with Crippen LogP contribution in [0.25, 0.3) is 0 Å². The molecule has 1 aromatic heterocycles. The van der Waals surface area contributed by atoms with Gasteiger partial charge in [0.2, 0.25) is 5.91 Å². The van der Waals surface area contributed by atoms with Gasteiger partial charge in [-0.1, -0.05) is 43.2 Å². The van der Waals surface area contributed by atoms with Crippen molar-refractivity contribution >= 4 is 11.6 Å². The Bertz CT molecular complexity index is 858. The monoisotopic (exact) mass is 380 g/mol. The number of benzene rings is 1. The first-order valence-electron chi connectivity index (χ1n) is 10.4. The third kappa shape index (κ3) is 4.43. The number of aromatic nitrogens is 2. The summed E-state index contributed by atoms with van der Waals surface area (Å²) in [6, 6.07) is 11.8. The molecule has 0 radical (unpaired) electrons. The van der Waals surface area contributed by atoms with Crippen molar-refractivity contribution in [1.82, 2.24) is 15.1 Å². The molecule has 0 spiro atoms. The normalized spacial score (nSPS) is 20.3. The van der Waals surface area contributed by atoms with Gasteiger partial charge in [0, 0.05) is 25.2 Å². The van der Waals surface area contributed by atoms with E-state index in [-0.39, 0.29) is 17.4 Å². The number of hydrogen-bond donors (Lipinski definition) is 1. The molecule has 6 nitrogen and oxygen atoms in total. The van der Waals surface area contributed by atoms with Crippen LogP contribution in [0, 0.1) is 5.92 Å². The van der Waals surface area contributed by atoms with Gasteiger partial charge in [-0.05, 0) is 31.2 Å². The molecule has 1 amide bonds. The van der Waals surface area contributed by atoms with Crippen LogP contribution in [0.15, 0.2) is 47.4 Å². The Morgan fingerprint density at radius 2 is 1.89 bits per heavy atom. The third-order valence-electron chi connectivity index (χ3n) is 5.89. The summed E-state index contributed by atoms with van der Waals surface area (Å²) in [6.45, 7) is 1.98. The number of carbonyl (C=O) groups excluding carboxylic acids is 1. The molecule has 1 aliphatic carbocycles. The second-order valence-corrected chi connectivity index (χ2v) is 7.97. The predicted octanol–water partition coefficient (Wildman–Crippen LogP) is 2.57. The molecule has 2 heterocycles. The maximum absolute atomic E-state index is 12.6. The zero-order valence-corrected chi connectivity index (χ0v) is 16.2. The van der Waals surface area contributed by atoms with E-state index < -0.39 is 0 Å². The number of hydrogen-bond acceptors (Lipinski definition) is 4. The van der Waals surface area contributed by atoms with Gasteiger partial charge in [-0.25, -0.2) is 4.68 Å². The van der Waals surface area contributed by atoms with Crippen LogP contribution in [-0.2, 0) is 11.3 Å². The fraction of sp³-hybridized carbons (Fsp3) is 0.500. The van der Waals surface area contributed by atoms with Crippen molar-refractivity contribution < 1.29 is 4.79 Å². The van der Waals surface area contributed by atoms with E-state index in [0.29, 0.717) is 19.1 Å². The van der Waals surface area contributed by atoms with E-state index in [0.717, 1.165) is 43.5 Å². The topological polar surface area (TPSA) is 67.2 Å². The van der Waals surface area contributed by atoms with Crippen LogP contribution >= 0.6 is 0 Å². The Kier molecular flexibility index (Phi) is 5.74. The molecule has 1 N–H and O–H groups in total. The van der Waals surface area contributed by atoms with Crippen LogP contribution in [-0.4, -0.2) is 34.8 Å². The van der Waals surface area contributed by atoms with Crippen molar-refractivity contribution in [2.24, 2.45) is 5.92 Å². The van der Waals surface area contributed by atoms with Crippen molar-refractivity contribution in [1.29, 1.82) is 0 Å². The lowest BCUT2D eigenvalue weighted by atomic mass is 9.96. The van der Waals surface area contributed by atoms with Crippen LogP contribution < -0.4 is 15.8 Å². The van der Waals surface area contributed by atoms with Gasteiger partial charge < -0.3 is 10.2 Å². The van der Waals surface area contributed by atoms with Gasteiger partial charge in [0.05, 0.1) is 24.3 Å². The molecule has 28 heavy (non-hydrogen) atoms. The molecular weight excluding hydrogens is 352 g/mol. The summed E-state index contributed by atoms with van der Waals surface area (Å²) in [5.41, 5.74) is 1.75. The summed E-state index contributed by atoms with van der Waals surface area (Å²) in [7, 11) is 0. The highest BCUT2D eigenvalue weighted by molar-refractivity contribution is 5.80. The quantitative estimate of drug-likeness (QED) is 0.866. The summed E-state index contributed by atoms with van der Waals surface area (Å²) in [6.07, 6.45) is 8.25. The Morgan fingerprint density at radius 1 is 1.11 bits per heavy atom. The van der Waals surface area contributed by atoms with E-state index in [4.69, 9.17) is 0 Å². The van der Waals surface area contributed by atoms with Crippen molar-refractivity contribution in [3.05, 3.63) is 58.5 Å². The fourth-order valence-electron chi connectivity index (χ4n) is 4.29. The summed E-state index contributed by atoms with van der Waals surface area (Å²) in [4.78, 5) is 27.3. The number of anilines is 1. The Balaban J connectivity index is 1.41. The predicted molar refractivity (Wildman–Crippen MR) is 109 cm³/mol. The zero-order valence-electron chi connectivity index (χ0n) is 16.2. The number of rotatable bonds is 5. The van der Waals surface area contributed by atoms with Crippen molar-refractivity contribution in [2.45, 2.75) is 51.1 Å². The Morgan fingerprint density at radius 3 is 2.64 bits per heavy atom. The van der Waals surface area contributed by atoms with Crippen molar-refractivity contribution in [3.63, 3.8) is 0 Å². The minimum absolute atomic E-state index is 0.0129. The lowest BCUT2D eigenvalue weighted by Crippen LogP contribution is -2.45. The third-order valence-corrected chi connectivity index (χ3v) is 5.89. The molecule has 0 bridgehead atoms. The molecule has 1 aliphatic heterocycles. The number of nitrogens with one attached hydrogen (secondary N) is 1. The van der Waals surface area contributed by atoms with Gasteiger partial charge in [-0.2, -0.15) is 5.10 Å². The first kappa shape index (κ1) is 18.7.